The number of ketones is 1. The van der Waals surface area contributed by atoms with Crippen LogP contribution in [0.1, 0.15) is 10.4 Å². The minimum Gasteiger partial charge on any atom is -0.369 e. The van der Waals surface area contributed by atoms with Crippen LogP contribution in [0.5, 0.6) is 0 Å². The van der Waals surface area contributed by atoms with Crippen LogP contribution in [-0.4, -0.2) is 38.5 Å². The molecule has 0 radical (unpaired) electrons. The first-order chi connectivity index (χ1) is 7.81. The van der Waals surface area contributed by atoms with E-state index in [2.05, 4.69) is 10.2 Å². The molecule has 0 bridgehead atoms. The van der Waals surface area contributed by atoms with Gasteiger partial charge in [0.1, 0.15) is 0 Å². The highest BCUT2D eigenvalue weighted by Gasteiger charge is 2.10. The molecule has 0 unspecified atom stereocenters. The average molecular weight is 219 g/mol. The smallest absolute Gasteiger partial charge is 0.176 e. The lowest BCUT2D eigenvalue weighted by Crippen LogP contribution is -2.43. The maximum atomic E-state index is 11.4. The number of carbonyl (C=O) groups is 1. The molecule has 2 rings (SSSR count). The van der Waals surface area contributed by atoms with Gasteiger partial charge in [0.15, 0.2) is 5.78 Å². The fourth-order valence-corrected chi connectivity index (χ4v) is 1.90. The molecule has 0 aliphatic carbocycles. The van der Waals surface area contributed by atoms with Crippen molar-refractivity contribution in [1.29, 1.82) is 0 Å². The zero-order valence-corrected chi connectivity index (χ0v) is 9.28. The summed E-state index contributed by atoms with van der Waals surface area (Å²) in [5, 5.41) is 3.31. The van der Waals surface area contributed by atoms with E-state index in [1.807, 2.05) is 24.3 Å². The van der Waals surface area contributed by atoms with Crippen molar-refractivity contribution in [3.8, 4) is 0 Å². The lowest BCUT2D eigenvalue weighted by atomic mass is 10.1. The van der Waals surface area contributed by atoms with Crippen molar-refractivity contribution in [2.24, 2.45) is 5.73 Å². The molecule has 1 aliphatic heterocycles. The summed E-state index contributed by atoms with van der Waals surface area (Å²) in [6.45, 7) is 4.15. The third-order valence-electron chi connectivity index (χ3n) is 2.86. The lowest BCUT2D eigenvalue weighted by molar-refractivity contribution is 0.100. The molecule has 0 atom stereocenters. The molecule has 0 saturated carbocycles. The number of nitrogens with zero attached hydrogens (tertiary/aromatic N) is 1. The monoisotopic (exact) mass is 219 g/mol. The van der Waals surface area contributed by atoms with Crippen molar-refractivity contribution < 1.29 is 4.79 Å². The number of Topliss-reactive ketones (excluding diaryl/α,β-unsaturated/α-hetero) is 1. The van der Waals surface area contributed by atoms with Crippen LogP contribution in [0.3, 0.4) is 0 Å². The van der Waals surface area contributed by atoms with E-state index >= 15 is 0 Å². The first kappa shape index (κ1) is 11.1. The fraction of sp³-hybridized carbons (Fsp3) is 0.417. The molecule has 1 aliphatic rings. The molecule has 1 heterocycles. The molecule has 86 valence electrons. The van der Waals surface area contributed by atoms with Crippen LogP contribution in [0, 0.1) is 0 Å². The van der Waals surface area contributed by atoms with E-state index in [4.69, 9.17) is 5.73 Å². The zero-order chi connectivity index (χ0) is 11.4. The van der Waals surface area contributed by atoms with E-state index in [1.165, 1.54) is 5.69 Å². The standard InChI is InChI=1S/C12H17N3O/c13-9-12(16)10-1-3-11(4-2-10)15-7-5-14-6-8-15/h1-4,14H,5-9,13H2. The van der Waals surface area contributed by atoms with Crippen LogP contribution in [-0.2, 0) is 0 Å². The Morgan fingerprint density at radius 3 is 2.44 bits per heavy atom. The van der Waals surface area contributed by atoms with E-state index in [1.54, 1.807) is 0 Å². The number of hydrogen-bond donors (Lipinski definition) is 2. The van der Waals surface area contributed by atoms with Gasteiger partial charge in [0, 0.05) is 37.4 Å². The SMILES string of the molecule is NCC(=O)c1ccc(N2CCNCC2)cc1. The van der Waals surface area contributed by atoms with Gasteiger partial charge in [-0.05, 0) is 24.3 Å². The van der Waals surface area contributed by atoms with E-state index in [9.17, 15) is 4.79 Å². The van der Waals surface area contributed by atoms with Gasteiger partial charge in [-0.2, -0.15) is 0 Å². The Hall–Kier alpha value is -1.39. The molecule has 1 aromatic rings. The van der Waals surface area contributed by atoms with Crippen molar-refractivity contribution >= 4 is 11.5 Å². The van der Waals surface area contributed by atoms with Gasteiger partial charge in [0.2, 0.25) is 0 Å². The molecule has 0 aromatic heterocycles. The first-order valence-corrected chi connectivity index (χ1v) is 5.60. The number of nitrogens with two attached hydrogens (primary N) is 1. The maximum absolute atomic E-state index is 11.4. The van der Waals surface area contributed by atoms with Crippen LogP contribution >= 0.6 is 0 Å². The number of carbonyl (C=O) groups excluding carboxylic acids is 1. The highest BCUT2D eigenvalue weighted by atomic mass is 16.1. The third kappa shape index (κ3) is 2.40. The second-order valence-electron chi connectivity index (χ2n) is 3.91. The van der Waals surface area contributed by atoms with Gasteiger partial charge in [-0.25, -0.2) is 0 Å². The quantitative estimate of drug-likeness (QED) is 0.715. The average Bonchev–Trinajstić information content (AvgIpc) is 2.39. The number of rotatable bonds is 3. The van der Waals surface area contributed by atoms with Crippen LogP contribution in [0.2, 0.25) is 0 Å². The molecule has 3 N–H and O–H groups in total. The second-order valence-corrected chi connectivity index (χ2v) is 3.91. The minimum absolute atomic E-state index is 0.00754. The Balaban J connectivity index is 2.09. The molecule has 4 nitrogen and oxygen atoms in total. The highest BCUT2D eigenvalue weighted by Crippen LogP contribution is 2.15. The zero-order valence-electron chi connectivity index (χ0n) is 9.28. The van der Waals surface area contributed by atoms with Crippen molar-refractivity contribution in [2.45, 2.75) is 0 Å². The molecule has 16 heavy (non-hydrogen) atoms. The van der Waals surface area contributed by atoms with Gasteiger partial charge in [0.25, 0.3) is 0 Å². The summed E-state index contributed by atoms with van der Waals surface area (Å²) in [5.74, 6) is -0.00754. The highest BCUT2D eigenvalue weighted by molar-refractivity contribution is 5.97. The van der Waals surface area contributed by atoms with Gasteiger partial charge < -0.3 is 16.0 Å². The number of anilines is 1. The summed E-state index contributed by atoms with van der Waals surface area (Å²) in [7, 11) is 0. The Morgan fingerprint density at radius 2 is 1.88 bits per heavy atom. The van der Waals surface area contributed by atoms with E-state index < -0.39 is 0 Å². The third-order valence-corrected chi connectivity index (χ3v) is 2.86. The number of benzene rings is 1. The van der Waals surface area contributed by atoms with E-state index in [-0.39, 0.29) is 12.3 Å². The molecule has 4 heteroatoms. The van der Waals surface area contributed by atoms with Crippen LogP contribution in [0.4, 0.5) is 5.69 Å². The number of piperazine rings is 1. The maximum Gasteiger partial charge on any atom is 0.176 e. The first-order valence-electron chi connectivity index (χ1n) is 5.60. The summed E-state index contributed by atoms with van der Waals surface area (Å²) in [6.07, 6.45) is 0. The van der Waals surface area contributed by atoms with Gasteiger partial charge in [0.05, 0.1) is 6.54 Å². The summed E-state index contributed by atoms with van der Waals surface area (Å²) in [4.78, 5) is 13.7. The van der Waals surface area contributed by atoms with Crippen LogP contribution in [0.25, 0.3) is 0 Å². The Labute approximate surface area is 95.4 Å². The van der Waals surface area contributed by atoms with Crippen molar-refractivity contribution in [2.75, 3.05) is 37.6 Å². The summed E-state index contributed by atoms with van der Waals surface area (Å²) < 4.78 is 0. The Morgan fingerprint density at radius 1 is 1.25 bits per heavy atom. The number of nitrogens with one attached hydrogen (secondary N) is 1. The van der Waals surface area contributed by atoms with Gasteiger partial charge in [-0.3, -0.25) is 4.79 Å². The lowest BCUT2D eigenvalue weighted by Gasteiger charge is -2.29. The molecule has 1 fully saturated rings. The van der Waals surface area contributed by atoms with Gasteiger partial charge >= 0.3 is 0 Å². The normalized spacial score (nSPS) is 16.2. The molecular formula is C12H17N3O. The Kier molecular flexibility index (Phi) is 3.54. The van der Waals surface area contributed by atoms with Crippen LogP contribution < -0.4 is 16.0 Å². The van der Waals surface area contributed by atoms with E-state index in [0.717, 1.165) is 26.2 Å². The molecule has 0 amide bonds. The van der Waals surface area contributed by atoms with Crippen molar-refractivity contribution in [1.82, 2.24) is 5.32 Å². The van der Waals surface area contributed by atoms with E-state index in [0.29, 0.717) is 5.56 Å². The fourth-order valence-electron chi connectivity index (χ4n) is 1.90. The molecule has 1 aromatic carbocycles. The van der Waals surface area contributed by atoms with Crippen LogP contribution in [0.15, 0.2) is 24.3 Å². The van der Waals surface area contributed by atoms with Crippen molar-refractivity contribution in [3.05, 3.63) is 29.8 Å². The predicted octanol–water partition coefficient (Wildman–Crippen LogP) is 0.238. The summed E-state index contributed by atoms with van der Waals surface area (Å²) in [6, 6.07) is 7.70. The molecule has 1 saturated heterocycles. The topological polar surface area (TPSA) is 58.4 Å². The summed E-state index contributed by atoms with van der Waals surface area (Å²) >= 11 is 0. The largest absolute Gasteiger partial charge is 0.369 e. The van der Waals surface area contributed by atoms with Crippen molar-refractivity contribution in [3.63, 3.8) is 0 Å². The predicted molar refractivity (Wildman–Crippen MR) is 64.9 cm³/mol. The van der Waals surface area contributed by atoms with Gasteiger partial charge in [-0.1, -0.05) is 0 Å². The van der Waals surface area contributed by atoms with Gasteiger partial charge in [-0.15, -0.1) is 0 Å². The Bertz CT molecular complexity index is 355. The molecule has 0 spiro atoms. The number of hydrogen-bond acceptors (Lipinski definition) is 4. The molecular weight excluding hydrogens is 202 g/mol. The second kappa shape index (κ2) is 5.09. The minimum atomic E-state index is -0.00754. The summed E-state index contributed by atoms with van der Waals surface area (Å²) in [5.41, 5.74) is 7.19.